The van der Waals surface area contributed by atoms with Gasteiger partial charge in [-0.15, -0.1) is 6.58 Å². The van der Waals surface area contributed by atoms with E-state index in [0.29, 0.717) is 17.7 Å². The Morgan fingerprint density at radius 3 is 2.60 bits per heavy atom. The first-order chi connectivity index (χ1) is 6.99. The molecule has 0 spiro atoms. The van der Waals surface area contributed by atoms with E-state index in [2.05, 4.69) is 22.5 Å². The van der Waals surface area contributed by atoms with Gasteiger partial charge in [0.1, 0.15) is 0 Å². The Balaban J connectivity index is 2.77. The number of allylic oxidation sites excluding steroid dienone is 1. The van der Waals surface area contributed by atoms with Crippen LogP contribution in [0, 0.1) is 0 Å². The molecule has 80 valence electrons. The molecule has 0 saturated heterocycles. The van der Waals surface area contributed by atoms with Crippen LogP contribution in [-0.4, -0.2) is 5.78 Å². The molecule has 3 heteroatoms. The summed E-state index contributed by atoms with van der Waals surface area (Å²) in [5.74, 6) is 0.103. The van der Waals surface area contributed by atoms with Crippen molar-refractivity contribution in [3.8, 4) is 0 Å². The van der Waals surface area contributed by atoms with E-state index >= 15 is 0 Å². The summed E-state index contributed by atoms with van der Waals surface area (Å²) >= 11 is 3.31. The van der Waals surface area contributed by atoms with Crippen molar-refractivity contribution in [3.63, 3.8) is 0 Å². The summed E-state index contributed by atoms with van der Waals surface area (Å²) in [4.78, 5) is 11.7. The largest absolute Gasteiger partial charge is 0.399 e. The highest BCUT2D eigenvalue weighted by molar-refractivity contribution is 9.10. The van der Waals surface area contributed by atoms with Crippen LogP contribution in [0.15, 0.2) is 34.8 Å². The molecule has 0 saturated carbocycles. The SMILES string of the molecule is C=C(C)CCC(=O)c1cc(N)cc(Br)c1. The summed E-state index contributed by atoms with van der Waals surface area (Å²) in [5.41, 5.74) is 7.93. The third kappa shape index (κ3) is 3.88. The summed E-state index contributed by atoms with van der Waals surface area (Å²) < 4.78 is 0.834. The third-order valence-corrected chi connectivity index (χ3v) is 2.48. The van der Waals surface area contributed by atoms with Gasteiger partial charge in [-0.3, -0.25) is 4.79 Å². The van der Waals surface area contributed by atoms with Gasteiger partial charge in [-0.05, 0) is 31.5 Å². The lowest BCUT2D eigenvalue weighted by atomic mass is 10.0. The van der Waals surface area contributed by atoms with E-state index in [0.717, 1.165) is 16.5 Å². The third-order valence-electron chi connectivity index (χ3n) is 2.02. The molecule has 2 nitrogen and oxygen atoms in total. The molecule has 0 aliphatic heterocycles. The lowest BCUT2D eigenvalue weighted by molar-refractivity contribution is 0.0983. The molecule has 1 rings (SSSR count). The van der Waals surface area contributed by atoms with Crippen LogP contribution >= 0.6 is 15.9 Å². The number of ketones is 1. The summed E-state index contributed by atoms with van der Waals surface area (Å²) in [6.07, 6.45) is 1.22. The van der Waals surface area contributed by atoms with Crippen LogP contribution in [0.2, 0.25) is 0 Å². The van der Waals surface area contributed by atoms with E-state index < -0.39 is 0 Å². The minimum absolute atomic E-state index is 0.103. The lowest BCUT2D eigenvalue weighted by Crippen LogP contribution is -2.00. The minimum atomic E-state index is 0.103. The van der Waals surface area contributed by atoms with Gasteiger partial charge in [0.25, 0.3) is 0 Å². The quantitative estimate of drug-likeness (QED) is 0.515. The highest BCUT2D eigenvalue weighted by atomic mass is 79.9. The standard InChI is InChI=1S/C12H14BrNO/c1-8(2)3-4-12(15)9-5-10(13)7-11(14)6-9/h5-7H,1,3-4,14H2,2H3. The molecule has 0 aromatic heterocycles. The first-order valence-corrected chi connectivity index (χ1v) is 5.52. The Bertz CT molecular complexity index is 378. The van der Waals surface area contributed by atoms with Gasteiger partial charge in [-0.1, -0.05) is 21.5 Å². The van der Waals surface area contributed by atoms with Crippen LogP contribution in [0.3, 0.4) is 0 Å². The number of hydrogen-bond acceptors (Lipinski definition) is 2. The smallest absolute Gasteiger partial charge is 0.163 e. The zero-order valence-electron chi connectivity index (χ0n) is 8.72. The number of hydrogen-bond donors (Lipinski definition) is 1. The van der Waals surface area contributed by atoms with E-state index in [4.69, 9.17) is 5.73 Å². The monoisotopic (exact) mass is 267 g/mol. The number of benzene rings is 1. The molecule has 0 fully saturated rings. The van der Waals surface area contributed by atoms with Gasteiger partial charge in [-0.25, -0.2) is 0 Å². The number of halogens is 1. The predicted octanol–water partition coefficient (Wildman–Crippen LogP) is 3.57. The normalized spacial score (nSPS) is 10.0. The second kappa shape index (κ2) is 5.12. The minimum Gasteiger partial charge on any atom is -0.399 e. The van der Waals surface area contributed by atoms with E-state index in [1.165, 1.54) is 0 Å². The highest BCUT2D eigenvalue weighted by Gasteiger charge is 2.07. The molecule has 1 aromatic carbocycles. The van der Waals surface area contributed by atoms with Gasteiger partial charge in [0.05, 0.1) is 0 Å². The molecule has 0 aliphatic rings. The Morgan fingerprint density at radius 2 is 2.07 bits per heavy atom. The maximum absolute atomic E-state index is 11.7. The van der Waals surface area contributed by atoms with Gasteiger partial charge in [0, 0.05) is 22.1 Å². The second-order valence-corrected chi connectivity index (χ2v) is 4.57. The van der Waals surface area contributed by atoms with E-state index in [9.17, 15) is 4.79 Å². The van der Waals surface area contributed by atoms with Crippen molar-refractivity contribution in [1.82, 2.24) is 0 Å². The highest BCUT2D eigenvalue weighted by Crippen LogP contribution is 2.19. The van der Waals surface area contributed by atoms with Gasteiger partial charge in [0.15, 0.2) is 5.78 Å². The van der Waals surface area contributed by atoms with Gasteiger partial charge in [0.2, 0.25) is 0 Å². The molecule has 0 amide bonds. The molecule has 15 heavy (non-hydrogen) atoms. The van der Waals surface area contributed by atoms with Crippen LogP contribution in [-0.2, 0) is 0 Å². The molecule has 1 aromatic rings. The molecule has 0 bridgehead atoms. The Hall–Kier alpha value is -1.09. The topological polar surface area (TPSA) is 43.1 Å². The van der Waals surface area contributed by atoms with E-state index in [-0.39, 0.29) is 5.78 Å². The number of anilines is 1. The first kappa shape index (κ1) is 12.0. The van der Waals surface area contributed by atoms with E-state index in [1.807, 2.05) is 6.92 Å². The number of rotatable bonds is 4. The van der Waals surface area contributed by atoms with Crippen molar-refractivity contribution in [3.05, 3.63) is 40.4 Å². The van der Waals surface area contributed by atoms with Gasteiger partial charge < -0.3 is 5.73 Å². The zero-order chi connectivity index (χ0) is 11.4. The fourth-order valence-corrected chi connectivity index (χ4v) is 1.76. The number of nitrogens with two attached hydrogens (primary N) is 1. The van der Waals surface area contributed by atoms with Crippen LogP contribution in [0.25, 0.3) is 0 Å². The van der Waals surface area contributed by atoms with Crippen LogP contribution in [0.1, 0.15) is 30.1 Å². The molecule has 0 unspecified atom stereocenters. The summed E-state index contributed by atoms with van der Waals surface area (Å²) in [7, 11) is 0. The van der Waals surface area contributed by atoms with E-state index in [1.54, 1.807) is 18.2 Å². The Kier molecular flexibility index (Phi) is 4.09. The number of carbonyl (C=O) groups is 1. The van der Waals surface area contributed by atoms with Crippen molar-refractivity contribution in [2.75, 3.05) is 5.73 Å². The molecule has 2 N–H and O–H groups in total. The fourth-order valence-electron chi connectivity index (χ4n) is 1.24. The zero-order valence-corrected chi connectivity index (χ0v) is 10.3. The molecule has 0 heterocycles. The van der Waals surface area contributed by atoms with Crippen molar-refractivity contribution < 1.29 is 4.79 Å². The van der Waals surface area contributed by atoms with Crippen LogP contribution in [0.4, 0.5) is 5.69 Å². The van der Waals surface area contributed by atoms with Crippen molar-refractivity contribution >= 4 is 27.4 Å². The molecular formula is C12H14BrNO. The number of Topliss-reactive ketones (excluding diaryl/α,β-unsaturated/α-hetero) is 1. The summed E-state index contributed by atoms with van der Waals surface area (Å²) in [6, 6.07) is 5.26. The maximum atomic E-state index is 11.7. The van der Waals surface area contributed by atoms with Gasteiger partial charge in [-0.2, -0.15) is 0 Å². The van der Waals surface area contributed by atoms with Gasteiger partial charge >= 0.3 is 0 Å². The Morgan fingerprint density at radius 1 is 1.40 bits per heavy atom. The summed E-state index contributed by atoms with van der Waals surface area (Å²) in [5, 5.41) is 0. The maximum Gasteiger partial charge on any atom is 0.163 e. The summed E-state index contributed by atoms with van der Waals surface area (Å²) in [6.45, 7) is 5.69. The number of carbonyl (C=O) groups excluding carboxylic acids is 1. The lowest BCUT2D eigenvalue weighted by Gasteiger charge is -2.03. The molecular weight excluding hydrogens is 254 g/mol. The van der Waals surface area contributed by atoms with Crippen LogP contribution in [0.5, 0.6) is 0 Å². The van der Waals surface area contributed by atoms with Crippen molar-refractivity contribution in [1.29, 1.82) is 0 Å². The second-order valence-electron chi connectivity index (χ2n) is 3.65. The molecule has 0 atom stereocenters. The van der Waals surface area contributed by atoms with Crippen molar-refractivity contribution in [2.45, 2.75) is 19.8 Å². The Labute approximate surface area is 98.3 Å². The average Bonchev–Trinajstić information content (AvgIpc) is 2.12. The molecule has 0 radical (unpaired) electrons. The predicted molar refractivity (Wildman–Crippen MR) is 66.9 cm³/mol. The number of nitrogen functional groups attached to an aromatic ring is 1. The fraction of sp³-hybridized carbons (Fsp3) is 0.250. The first-order valence-electron chi connectivity index (χ1n) is 4.72. The van der Waals surface area contributed by atoms with Crippen molar-refractivity contribution in [2.24, 2.45) is 0 Å². The average molecular weight is 268 g/mol. The van der Waals surface area contributed by atoms with Crippen LogP contribution < -0.4 is 5.73 Å². The molecule has 0 aliphatic carbocycles.